The topological polar surface area (TPSA) is 67.9 Å². The number of carbonyl (C=O) groups excluding carboxylic acids is 2. The Balaban J connectivity index is 1.48. The molecule has 1 heterocycles. The standard InChI is InChI=1S/C24H28N2O4/c1-3-21-24(28)26(14-16-7-8-16)15-18-13-19(9-10-22(18)30-21)25-23(27)12-17-5-4-6-20(11-17)29-2/h4-6,9-11,13,16,21H,3,7-8,12,14-15H2,1-2H3,(H,25,27)/t21-/m1/s1. The molecule has 1 atom stereocenters. The molecule has 2 aliphatic rings. The highest BCUT2D eigenvalue weighted by Crippen LogP contribution is 2.34. The van der Waals surface area contributed by atoms with E-state index in [4.69, 9.17) is 9.47 Å². The number of amides is 2. The number of hydrogen-bond acceptors (Lipinski definition) is 4. The Morgan fingerprint density at radius 3 is 2.80 bits per heavy atom. The lowest BCUT2D eigenvalue weighted by molar-refractivity contribution is -0.138. The first-order chi connectivity index (χ1) is 14.6. The van der Waals surface area contributed by atoms with Crippen LogP contribution in [-0.2, 0) is 22.6 Å². The summed E-state index contributed by atoms with van der Waals surface area (Å²) in [4.78, 5) is 27.3. The molecule has 0 spiro atoms. The van der Waals surface area contributed by atoms with E-state index >= 15 is 0 Å². The van der Waals surface area contributed by atoms with Crippen LogP contribution in [0.25, 0.3) is 0 Å². The second-order valence-electron chi connectivity index (χ2n) is 8.08. The van der Waals surface area contributed by atoms with Crippen LogP contribution in [0.3, 0.4) is 0 Å². The number of ether oxygens (including phenoxy) is 2. The highest BCUT2D eigenvalue weighted by atomic mass is 16.5. The van der Waals surface area contributed by atoms with Crippen LogP contribution >= 0.6 is 0 Å². The van der Waals surface area contributed by atoms with Crippen molar-refractivity contribution >= 4 is 17.5 Å². The Kier molecular flexibility index (Phi) is 5.93. The van der Waals surface area contributed by atoms with Gasteiger partial charge in [-0.1, -0.05) is 19.1 Å². The molecule has 4 rings (SSSR count). The van der Waals surface area contributed by atoms with E-state index in [1.165, 1.54) is 12.8 Å². The zero-order valence-electron chi connectivity index (χ0n) is 17.5. The van der Waals surface area contributed by atoms with Crippen LogP contribution in [-0.4, -0.2) is 36.5 Å². The average molecular weight is 408 g/mol. The van der Waals surface area contributed by atoms with E-state index in [9.17, 15) is 9.59 Å². The van der Waals surface area contributed by atoms with Gasteiger partial charge >= 0.3 is 0 Å². The maximum atomic E-state index is 12.8. The van der Waals surface area contributed by atoms with Crippen LogP contribution in [0.1, 0.15) is 37.3 Å². The molecule has 0 saturated heterocycles. The number of carbonyl (C=O) groups is 2. The molecule has 2 amide bonds. The first-order valence-electron chi connectivity index (χ1n) is 10.6. The summed E-state index contributed by atoms with van der Waals surface area (Å²) in [5.74, 6) is 2.02. The summed E-state index contributed by atoms with van der Waals surface area (Å²) in [6, 6.07) is 13.1. The third kappa shape index (κ3) is 4.75. The number of nitrogens with zero attached hydrogens (tertiary/aromatic N) is 1. The third-order valence-corrected chi connectivity index (χ3v) is 5.61. The first kappa shape index (κ1) is 20.3. The lowest BCUT2D eigenvalue weighted by Gasteiger charge is -2.23. The number of benzene rings is 2. The van der Waals surface area contributed by atoms with E-state index in [2.05, 4.69) is 5.32 Å². The second-order valence-corrected chi connectivity index (χ2v) is 8.08. The molecule has 158 valence electrons. The Morgan fingerprint density at radius 1 is 1.23 bits per heavy atom. The summed E-state index contributed by atoms with van der Waals surface area (Å²) in [5, 5.41) is 2.96. The van der Waals surface area contributed by atoms with Crippen LogP contribution in [0.5, 0.6) is 11.5 Å². The van der Waals surface area contributed by atoms with E-state index in [1.54, 1.807) is 7.11 Å². The Bertz CT molecular complexity index is 939. The summed E-state index contributed by atoms with van der Waals surface area (Å²) in [6.07, 6.45) is 2.83. The zero-order chi connectivity index (χ0) is 21.1. The van der Waals surface area contributed by atoms with Crippen LogP contribution < -0.4 is 14.8 Å². The normalized spacial score (nSPS) is 18.3. The van der Waals surface area contributed by atoms with Gasteiger partial charge in [-0.3, -0.25) is 9.59 Å². The summed E-state index contributed by atoms with van der Waals surface area (Å²) in [5.41, 5.74) is 2.52. The van der Waals surface area contributed by atoms with Gasteiger partial charge in [0.1, 0.15) is 11.5 Å². The van der Waals surface area contributed by atoms with Crippen molar-refractivity contribution in [3.63, 3.8) is 0 Å². The molecule has 30 heavy (non-hydrogen) atoms. The van der Waals surface area contributed by atoms with Crippen LogP contribution in [0.4, 0.5) is 5.69 Å². The number of nitrogens with one attached hydrogen (secondary N) is 1. The fourth-order valence-electron chi connectivity index (χ4n) is 3.78. The van der Waals surface area contributed by atoms with E-state index in [-0.39, 0.29) is 18.2 Å². The molecule has 1 aliphatic heterocycles. The van der Waals surface area contributed by atoms with Gasteiger partial charge < -0.3 is 19.7 Å². The fourth-order valence-corrected chi connectivity index (χ4v) is 3.78. The molecule has 6 nitrogen and oxygen atoms in total. The van der Waals surface area contributed by atoms with Crippen molar-refractivity contribution in [2.24, 2.45) is 5.92 Å². The van der Waals surface area contributed by atoms with E-state index in [0.29, 0.717) is 24.6 Å². The Morgan fingerprint density at radius 2 is 2.07 bits per heavy atom. The van der Waals surface area contributed by atoms with E-state index < -0.39 is 6.10 Å². The predicted octanol–water partition coefficient (Wildman–Crippen LogP) is 3.79. The minimum absolute atomic E-state index is 0.0595. The minimum atomic E-state index is -0.446. The predicted molar refractivity (Wildman–Crippen MR) is 115 cm³/mol. The molecule has 0 unspecified atom stereocenters. The molecule has 0 bridgehead atoms. The van der Waals surface area contributed by atoms with Gasteiger partial charge in [0.15, 0.2) is 6.10 Å². The van der Waals surface area contributed by atoms with Crippen LogP contribution in [0, 0.1) is 5.92 Å². The molecule has 1 N–H and O–H groups in total. The summed E-state index contributed by atoms with van der Waals surface area (Å²) < 4.78 is 11.2. The first-order valence-corrected chi connectivity index (χ1v) is 10.6. The number of rotatable bonds is 7. The number of hydrogen-bond donors (Lipinski definition) is 1. The lowest BCUT2D eigenvalue weighted by Crippen LogP contribution is -2.40. The molecule has 1 aliphatic carbocycles. The van der Waals surface area contributed by atoms with E-state index in [0.717, 1.165) is 29.2 Å². The van der Waals surface area contributed by atoms with Crippen molar-refractivity contribution in [1.29, 1.82) is 0 Å². The van der Waals surface area contributed by atoms with Gasteiger partial charge in [0.05, 0.1) is 13.5 Å². The third-order valence-electron chi connectivity index (χ3n) is 5.61. The van der Waals surface area contributed by atoms with Crippen LogP contribution in [0.15, 0.2) is 42.5 Å². The maximum absolute atomic E-state index is 12.8. The molecular weight excluding hydrogens is 380 g/mol. The summed E-state index contributed by atoms with van der Waals surface area (Å²) >= 11 is 0. The SMILES string of the molecule is CC[C@H]1Oc2ccc(NC(=O)Cc3cccc(OC)c3)cc2CN(CC2CC2)C1=O. The van der Waals surface area contributed by atoms with E-state index in [1.807, 2.05) is 54.3 Å². The quantitative estimate of drug-likeness (QED) is 0.757. The lowest BCUT2D eigenvalue weighted by atomic mass is 10.1. The molecule has 6 heteroatoms. The smallest absolute Gasteiger partial charge is 0.263 e. The van der Waals surface area contributed by atoms with Crippen molar-refractivity contribution in [1.82, 2.24) is 4.90 Å². The number of methoxy groups -OCH3 is 1. The average Bonchev–Trinajstić information content (AvgIpc) is 3.57. The summed E-state index contributed by atoms with van der Waals surface area (Å²) in [6.45, 7) is 3.27. The monoisotopic (exact) mass is 408 g/mol. The highest BCUT2D eigenvalue weighted by molar-refractivity contribution is 5.92. The van der Waals surface area contributed by atoms with Gasteiger partial charge in [-0.05, 0) is 61.1 Å². The van der Waals surface area contributed by atoms with Crippen molar-refractivity contribution < 1.29 is 19.1 Å². The molecule has 0 radical (unpaired) electrons. The largest absolute Gasteiger partial charge is 0.497 e. The maximum Gasteiger partial charge on any atom is 0.263 e. The molecular formula is C24H28N2O4. The van der Waals surface area contributed by atoms with Crippen molar-refractivity contribution in [2.75, 3.05) is 19.0 Å². The molecule has 2 aromatic rings. The highest BCUT2D eigenvalue weighted by Gasteiger charge is 2.33. The minimum Gasteiger partial charge on any atom is -0.497 e. The van der Waals surface area contributed by atoms with Gasteiger partial charge in [0.2, 0.25) is 5.91 Å². The van der Waals surface area contributed by atoms with Gasteiger partial charge in [0.25, 0.3) is 5.91 Å². The number of anilines is 1. The molecule has 0 aromatic heterocycles. The van der Waals surface area contributed by atoms with Gasteiger partial charge in [-0.25, -0.2) is 0 Å². The zero-order valence-corrected chi connectivity index (χ0v) is 17.5. The van der Waals surface area contributed by atoms with Gasteiger partial charge in [-0.2, -0.15) is 0 Å². The second kappa shape index (κ2) is 8.78. The molecule has 1 fully saturated rings. The van der Waals surface area contributed by atoms with Crippen molar-refractivity contribution in [2.45, 2.75) is 45.3 Å². The van der Waals surface area contributed by atoms with Gasteiger partial charge in [0, 0.05) is 24.3 Å². The van der Waals surface area contributed by atoms with Crippen molar-refractivity contribution in [3.05, 3.63) is 53.6 Å². The fraction of sp³-hybridized carbons (Fsp3) is 0.417. The molecule has 1 saturated carbocycles. The summed E-state index contributed by atoms with van der Waals surface area (Å²) in [7, 11) is 1.61. The van der Waals surface area contributed by atoms with Crippen LogP contribution in [0.2, 0.25) is 0 Å². The van der Waals surface area contributed by atoms with Gasteiger partial charge in [-0.15, -0.1) is 0 Å². The Labute approximate surface area is 177 Å². The number of fused-ring (bicyclic) bond motifs is 1. The van der Waals surface area contributed by atoms with Crippen molar-refractivity contribution in [3.8, 4) is 11.5 Å². The molecule has 2 aromatic carbocycles. The Hall–Kier alpha value is -3.02.